The number of aromatic nitrogens is 3. The lowest BCUT2D eigenvalue weighted by atomic mass is 10.3. The lowest BCUT2D eigenvalue weighted by Crippen LogP contribution is -2.26. The molecule has 0 aliphatic rings. The molecule has 2 aromatic rings. The molecule has 7 nitrogen and oxygen atoms in total. The second-order valence-electron chi connectivity index (χ2n) is 4.64. The van der Waals surface area contributed by atoms with Crippen LogP contribution in [0.3, 0.4) is 0 Å². The van der Waals surface area contributed by atoms with Crippen molar-refractivity contribution in [2.24, 2.45) is 7.05 Å². The number of rotatable bonds is 5. The van der Waals surface area contributed by atoms with E-state index < -0.39 is 23.0 Å². The molecule has 0 aromatic carbocycles. The first-order valence-corrected chi connectivity index (χ1v) is 7.16. The summed E-state index contributed by atoms with van der Waals surface area (Å²) in [5, 5.41) is 3.36. The number of nitrogen functional groups attached to an aromatic ring is 1. The van der Waals surface area contributed by atoms with Crippen molar-refractivity contribution in [2.45, 2.75) is 19.6 Å². The Kier molecular flexibility index (Phi) is 5.27. The number of aryl methyl sites for hydroxylation is 1. The third-order valence-electron chi connectivity index (χ3n) is 2.80. The van der Waals surface area contributed by atoms with E-state index in [1.165, 1.54) is 6.92 Å². The molecule has 0 aliphatic heterocycles. The molecule has 0 unspecified atom stereocenters. The summed E-state index contributed by atoms with van der Waals surface area (Å²) in [6.45, 7) is 1.44. The van der Waals surface area contributed by atoms with E-state index in [9.17, 15) is 9.18 Å². The first-order chi connectivity index (χ1) is 10.8. The van der Waals surface area contributed by atoms with Crippen LogP contribution in [0, 0.1) is 5.95 Å². The van der Waals surface area contributed by atoms with Crippen LogP contribution < -0.4 is 10.5 Å². The number of anilines is 1. The van der Waals surface area contributed by atoms with Gasteiger partial charge in [-0.2, -0.15) is 14.5 Å². The van der Waals surface area contributed by atoms with Crippen LogP contribution in [-0.4, -0.2) is 26.8 Å². The molecule has 0 saturated heterocycles. The first kappa shape index (κ1) is 17.3. The second kappa shape index (κ2) is 7.01. The molecule has 0 radical (unpaired) electrons. The van der Waals surface area contributed by atoms with E-state index >= 15 is 0 Å². The van der Waals surface area contributed by atoms with E-state index in [-0.39, 0.29) is 23.2 Å². The van der Waals surface area contributed by atoms with Gasteiger partial charge in [0, 0.05) is 18.8 Å². The molecule has 1 atom stereocenters. The highest BCUT2D eigenvalue weighted by molar-refractivity contribution is 6.39. The highest BCUT2D eigenvalue weighted by Gasteiger charge is 2.22. The van der Waals surface area contributed by atoms with Crippen molar-refractivity contribution in [3.05, 3.63) is 34.0 Å². The fourth-order valence-electron chi connectivity index (χ4n) is 1.62. The maximum Gasteiger partial charge on any atom is 0.347 e. The zero-order chi connectivity index (χ0) is 17.1. The largest absolute Gasteiger partial charge is 0.461 e. The normalized spacial score (nSPS) is 12.0. The summed E-state index contributed by atoms with van der Waals surface area (Å²) < 4.78 is 25.3. The number of nitrogens with zero attached hydrogens (tertiary/aromatic N) is 3. The molecule has 0 amide bonds. The Morgan fingerprint density at radius 3 is 2.78 bits per heavy atom. The van der Waals surface area contributed by atoms with Gasteiger partial charge in [-0.3, -0.25) is 4.68 Å². The molecule has 2 N–H and O–H groups in total. The van der Waals surface area contributed by atoms with Crippen LogP contribution in [0.1, 0.15) is 12.5 Å². The van der Waals surface area contributed by atoms with Crippen molar-refractivity contribution in [3.8, 4) is 5.88 Å². The summed E-state index contributed by atoms with van der Waals surface area (Å²) in [6.07, 6.45) is 2.19. The van der Waals surface area contributed by atoms with Crippen LogP contribution in [0.5, 0.6) is 5.88 Å². The molecule has 0 aliphatic carbocycles. The summed E-state index contributed by atoms with van der Waals surface area (Å²) in [5.74, 6) is -2.06. The van der Waals surface area contributed by atoms with Crippen LogP contribution in [0.4, 0.5) is 10.1 Å². The Morgan fingerprint density at radius 1 is 1.48 bits per heavy atom. The van der Waals surface area contributed by atoms with E-state index in [0.29, 0.717) is 5.56 Å². The lowest BCUT2D eigenvalue weighted by molar-refractivity contribution is -0.152. The molecule has 2 rings (SSSR count). The van der Waals surface area contributed by atoms with Crippen molar-refractivity contribution in [1.29, 1.82) is 0 Å². The van der Waals surface area contributed by atoms with Gasteiger partial charge in [-0.1, -0.05) is 23.2 Å². The standard InChI is InChI=1S/C13H13Cl2FN4O3/c1-6(13(21)22-5-7-3-18-20(2)4-7)23-12-9(15)10(17)8(14)11(16)19-12/h3-4,6H,5H2,1-2H3,(H2,17,19)/t6-/m1/s1. The zero-order valence-electron chi connectivity index (χ0n) is 12.2. The average molecular weight is 363 g/mol. The summed E-state index contributed by atoms with van der Waals surface area (Å²) in [7, 11) is 1.74. The minimum Gasteiger partial charge on any atom is -0.461 e. The summed E-state index contributed by atoms with van der Waals surface area (Å²) >= 11 is 11.4. The summed E-state index contributed by atoms with van der Waals surface area (Å²) in [6, 6.07) is 0. The van der Waals surface area contributed by atoms with E-state index in [2.05, 4.69) is 10.1 Å². The van der Waals surface area contributed by atoms with Crippen molar-refractivity contribution in [1.82, 2.24) is 14.8 Å². The van der Waals surface area contributed by atoms with E-state index in [4.69, 9.17) is 38.4 Å². The number of halogens is 3. The van der Waals surface area contributed by atoms with Gasteiger partial charge in [0.25, 0.3) is 0 Å². The molecule has 0 saturated carbocycles. The lowest BCUT2D eigenvalue weighted by Gasteiger charge is -2.15. The van der Waals surface area contributed by atoms with Crippen molar-refractivity contribution in [2.75, 3.05) is 5.73 Å². The van der Waals surface area contributed by atoms with E-state index in [1.54, 1.807) is 24.1 Å². The first-order valence-electron chi connectivity index (χ1n) is 6.40. The number of carbonyl (C=O) groups is 1. The van der Waals surface area contributed by atoms with Gasteiger partial charge in [0.1, 0.15) is 16.7 Å². The Hall–Kier alpha value is -2.06. The van der Waals surface area contributed by atoms with Gasteiger partial charge in [0.15, 0.2) is 6.10 Å². The monoisotopic (exact) mass is 362 g/mol. The van der Waals surface area contributed by atoms with Crippen LogP contribution in [-0.2, 0) is 23.2 Å². The van der Waals surface area contributed by atoms with Gasteiger partial charge in [-0.15, -0.1) is 0 Å². The molecule has 124 valence electrons. The molecule has 23 heavy (non-hydrogen) atoms. The number of pyridine rings is 1. The number of hydrogen-bond donors (Lipinski definition) is 1. The number of esters is 1. The Morgan fingerprint density at radius 2 is 2.17 bits per heavy atom. The molecule has 2 heterocycles. The third-order valence-corrected chi connectivity index (χ3v) is 3.53. The smallest absolute Gasteiger partial charge is 0.347 e. The molecular weight excluding hydrogens is 350 g/mol. The number of hydrogen-bond acceptors (Lipinski definition) is 6. The number of nitrogens with two attached hydrogens (primary N) is 1. The van der Waals surface area contributed by atoms with Gasteiger partial charge >= 0.3 is 5.97 Å². The maximum absolute atomic E-state index is 13.5. The SMILES string of the molecule is C[C@@H](Oc1nc(F)c(Cl)c(N)c1Cl)C(=O)OCc1cnn(C)c1. The fourth-order valence-corrected chi connectivity index (χ4v) is 1.99. The predicted octanol–water partition coefficient (Wildman–Crippen LogP) is 2.35. The zero-order valence-corrected chi connectivity index (χ0v) is 13.7. The van der Waals surface area contributed by atoms with Gasteiger partial charge in [0.2, 0.25) is 11.8 Å². The minimum absolute atomic E-state index is 0.0264. The van der Waals surface area contributed by atoms with Gasteiger partial charge < -0.3 is 15.2 Å². The van der Waals surface area contributed by atoms with E-state index in [1.807, 2.05) is 0 Å². The highest BCUT2D eigenvalue weighted by Crippen LogP contribution is 2.35. The van der Waals surface area contributed by atoms with Crippen molar-refractivity contribution < 1.29 is 18.7 Å². The molecule has 0 spiro atoms. The quantitative estimate of drug-likeness (QED) is 0.648. The van der Waals surface area contributed by atoms with Gasteiger partial charge in [-0.05, 0) is 6.92 Å². The van der Waals surface area contributed by atoms with Crippen molar-refractivity contribution in [3.63, 3.8) is 0 Å². The van der Waals surface area contributed by atoms with Crippen LogP contribution in [0.25, 0.3) is 0 Å². The number of ether oxygens (including phenoxy) is 2. The van der Waals surface area contributed by atoms with Crippen LogP contribution in [0.15, 0.2) is 12.4 Å². The second-order valence-corrected chi connectivity index (χ2v) is 5.40. The molecular formula is C13H13Cl2FN4O3. The molecule has 2 aromatic heterocycles. The van der Waals surface area contributed by atoms with Gasteiger partial charge in [0.05, 0.1) is 11.9 Å². The highest BCUT2D eigenvalue weighted by atomic mass is 35.5. The van der Waals surface area contributed by atoms with Crippen LogP contribution >= 0.6 is 23.2 Å². The predicted molar refractivity (Wildman–Crippen MR) is 81.7 cm³/mol. The Bertz CT molecular complexity index is 738. The van der Waals surface area contributed by atoms with Gasteiger partial charge in [-0.25, -0.2) is 4.79 Å². The maximum atomic E-state index is 13.5. The summed E-state index contributed by atoms with van der Waals surface area (Å²) in [5.41, 5.74) is 6.02. The molecule has 0 fully saturated rings. The fraction of sp³-hybridized carbons (Fsp3) is 0.308. The Labute approximate surface area is 141 Å². The van der Waals surface area contributed by atoms with Crippen LogP contribution in [0.2, 0.25) is 10.0 Å². The topological polar surface area (TPSA) is 92.3 Å². The summed E-state index contributed by atoms with van der Waals surface area (Å²) in [4.78, 5) is 15.3. The molecule has 0 bridgehead atoms. The van der Waals surface area contributed by atoms with E-state index in [0.717, 1.165) is 0 Å². The van der Waals surface area contributed by atoms with Crippen molar-refractivity contribution >= 4 is 34.9 Å². The number of carbonyl (C=O) groups excluding carboxylic acids is 1. The Balaban J connectivity index is 2.01. The minimum atomic E-state index is -1.07. The third kappa shape index (κ3) is 4.02. The average Bonchev–Trinajstić information content (AvgIpc) is 2.93. The molecule has 10 heteroatoms.